The molecule has 0 spiro atoms. The Kier molecular flexibility index (Phi) is 2.87. The van der Waals surface area contributed by atoms with Gasteiger partial charge < -0.3 is 0 Å². The van der Waals surface area contributed by atoms with Crippen LogP contribution in [0.1, 0.15) is 6.92 Å². The molecule has 1 N–H and O–H groups in total. The minimum atomic E-state index is -3.64. The molecule has 0 aliphatic rings. The van der Waals surface area contributed by atoms with Gasteiger partial charge in [0.2, 0.25) is 10.0 Å². The molecular weight excluding hydrogens is 253 g/mol. The lowest BCUT2D eigenvalue weighted by Gasteiger charge is -2.04. The quantitative estimate of drug-likeness (QED) is 0.899. The molecule has 8 heteroatoms. The van der Waals surface area contributed by atoms with E-state index in [1.54, 1.807) is 6.92 Å². The molecule has 2 aromatic rings. The van der Waals surface area contributed by atoms with E-state index in [4.69, 9.17) is 0 Å². The van der Waals surface area contributed by atoms with Crippen LogP contribution < -0.4 is 4.72 Å². The third kappa shape index (κ3) is 1.79. The zero-order valence-electron chi connectivity index (χ0n) is 8.27. The summed E-state index contributed by atoms with van der Waals surface area (Å²) < 4.78 is 46.6. The molecule has 86 valence electrons. The van der Waals surface area contributed by atoms with Crippen LogP contribution in [0, 0.1) is 5.82 Å². The molecule has 1 aromatic carbocycles. The second-order valence-corrected chi connectivity index (χ2v) is 5.27. The summed E-state index contributed by atoms with van der Waals surface area (Å²) in [6.45, 7) is 1.93. The van der Waals surface area contributed by atoms with Gasteiger partial charge in [0.15, 0.2) is 5.82 Å². The van der Waals surface area contributed by atoms with Gasteiger partial charge in [0.05, 0.1) is 11.7 Å². The monoisotopic (exact) mass is 261 g/mol. The summed E-state index contributed by atoms with van der Waals surface area (Å²) in [5.74, 6) is -0.570. The molecule has 0 fully saturated rings. The molecule has 0 radical (unpaired) electrons. The van der Waals surface area contributed by atoms with Crippen molar-refractivity contribution in [3.8, 4) is 0 Å². The minimum absolute atomic E-state index is 0.0102. The van der Waals surface area contributed by atoms with E-state index in [0.29, 0.717) is 0 Å². The highest BCUT2D eigenvalue weighted by atomic mass is 32.2. The number of sulfonamides is 1. The predicted molar refractivity (Wildman–Crippen MR) is 58.2 cm³/mol. The van der Waals surface area contributed by atoms with E-state index < -0.39 is 15.8 Å². The Balaban J connectivity index is 2.71. The number of hydrogen-bond acceptors (Lipinski definition) is 5. The number of halogens is 1. The van der Waals surface area contributed by atoms with Crippen molar-refractivity contribution in [3.05, 3.63) is 17.9 Å². The molecule has 2 rings (SSSR count). The van der Waals surface area contributed by atoms with Crippen molar-refractivity contribution in [2.45, 2.75) is 11.8 Å². The minimum Gasteiger partial charge on any atom is -0.211 e. The van der Waals surface area contributed by atoms with Gasteiger partial charge in [-0.1, -0.05) is 6.92 Å². The summed E-state index contributed by atoms with van der Waals surface area (Å²) in [4.78, 5) is -0.0421. The van der Waals surface area contributed by atoms with Crippen molar-refractivity contribution >= 4 is 32.8 Å². The first kappa shape index (κ1) is 11.4. The van der Waals surface area contributed by atoms with E-state index in [2.05, 4.69) is 13.5 Å². The number of rotatable bonds is 3. The van der Waals surface area contributed by atoms with Gasteiger partial charge in [0.1, 0.15) is 15.9 Å². The number of fused-ring (bicyclic) bond motifs is 1. The van der Waals surface area contributed by atoms with Crippen molar-refractivity contribution < 1.29 is 12.8 Å². The highest BCUT2D eigenvalue weighted by molar-refractivity contribution is 7.89. The molecule has 0 bridgehead atoms. The Morgan fingerprint density at radius 2 is 2.06 bits per heavy atom. The second kappa shape index (κ2) is 4.04. The Morgan fingerprint density at radius 3 is 2.75 bits per heavy atom. The van der Waals surface area contributed by atoms with Crippen LogP contribution in [0.2, 0.25) is 0 Å². The maximum Gasteiger partial charge on any atom is 0.242 e. The maximum absolute atomic E-state index is 13.3. The lowest BCUT2D eigenvalue weighted by atomic mass is 10.3. The van der Waals surface area contributed by atoms with E-state index in [0.717, 1.165) is 17.8 Å². The average Bonchev–Trinajstić information content (AvgIpc) is 2.66. The Morgan fingerprint density at radius 1 is 1.38 bits per heavy atom. The van der Waals surface area contributed by atoms with Gasteiger partial charge in [-0.15, -0.1) is 0 Å². The fraction of sp³-hybridized carbons (Fsp3) is 0.250. The molecule has 5 nitrogen and oxygen atoms in total. The van der Waals surface area contributed by atoms with Crippen LogP contribution in [0.4, 0.5) is 4.39 Å². The SMILES string of the molecule is CCNS(=O)(=O)c1ccc(F)c2nsnc12. The van der Waals surface area contributed by atoms with Crippen molar-refractivity contribution in [1.82, 2.24) is 13.5 Å². The summed E-state index contributed by atoms with van der Waals surface area (Å²) in [6.07, 6.45) is 0. The summed E-state index contributed by atoms with van der Waals surface area (Å²) in [6, 6.07) is 2.27. The van der Waals surface area contributed by atoms with Crippen LogP contribution in [0.15, 0.2) is 17.0 Å². The van der Waals surface area contributed by atoms with Gasteiger partial charge in [0.25, 0.3) is 0 Å². The van der Waals surface area contributed by atoms with Crippen LogP contribution >= 0.6 is 11.7 Å². The van der Waals surface area contributed by atoms with E-state index in [9.17, 15) is 12.8 Å². The number of hydrogen-bond donors (Lipinski definition) is 1. The highest BCUT2D eigenvalue weighted by Gasteiger charge is 2.20. The third-order valence-corrected chi connectivity index (χ3v) is 4.06. The molecule has 0 unspecified atom stereocenters. The molecule has 16 heavy (non-hydrogen) atoms. The average molecular weight is 261 g/mol. The lowest BCUT2D eigenvalue weighted by molar-refractivity contribution is 0.584. The second-order valence-electron chi connectivity index (χ2n) is 3.01. The van der Waals surface area contributed by atoms with Gasteiger partial charge >= 0.3 is 0 Å². The van der Waals surface area contributed by atoms with Gasteiger partial charge in [0, 0.05) is 6.54 Å². The fourth-order valence-electron chi connectivity index (χ4n) is 1.30. The molecule has 0 aliphatic heterocycles. The number of nitrogens with zero attached hydrogens (tertiary/aromatic N) is 2. The predicted octanol–water partition coefficient (Wildman–Crippen LogP) is 1.13. The Hall–Kier alpha value is -1.12. The van der Waals surface area contributed by atoms with E-state index in [1.807, 2.05) is 0 Å². The zero-order valence-corrected chi connectivity index (χ0v) is 9.90. The van der Waals surface area contributed by atoms with Crippen LogP contribution in [0.5, 0.6) is 0 Å². The third-order valence-electron chi connectivity index (χ3n) is 1.95. The van der Waals surface area contributed by atoms with Gasteiger partial charge in [-0.3, -0.25) is 0 Å². The molecular formula is C8H8FN3O2S2. The molecule has 0 saturated heterocycles. The largest absolute Gasteiger partial charge is 0.242 e. The highest BCUT2D eigenvalue weighted by Crippen LogP contribution is 2.23. The fourth-order valence-corrected chi connectivity index (χ4v) is 3.10. The molecule has 0 aliphatic carbocycles. The summed E-state index contributed by atoms with van der Waals surface area (Å²) in [7, 11) is -3.64. The van der Waals surface area contributed by atoms with Gasteiger partial charge in [-0.25, -0.2) is 17.5 Å². The molecule has 0 amide bonds. The van der Waals surface area contributed by atoms with Crippen molar-refractivity contribution in [2.24, 2.45) is 0 Å². The molecule has 0 saturated carbocycles. The van der Waals surface area contributed by atoms with Gasteiger partial charge in [-0.2, -0.15) is 8.75 Å². The van der Waals surface area contributed by atoms with E-state index in [-0.39, 0.29) is 22.5 Å². The maximum atomic E-state index is 13.3. The van der Waals surface area contributed by atoms with Crippen molar-refractivity contribution in [2.75, 3.05) is 6.54 Å². The van der Waals surface area contributed by atoms with Crippen LogP contribution in [0.3, 0.4) is 0 Å². The van der Waals surface area contributed by atoms with Crippen molar-refractivity contribution in [1.29, 1.82) is 0 Å². The van der Waals surface area contributed by atoms with E-state index in [1.165, 1.54) is 6.07 Å². The number of nitrogens with one attached hydrogen (secondary N) is 1. The molecule has 1 aromatic heterocycles. The van der Waals surface area contributed by atoms with Crippen LogP contribution in [-0.4, -0.2) is 23.7 Å². The number of aromatic nitrogens is 2. The van der Waals surface area contributed by atoms with Crippen molar-refractivity contribution in [3.63, 3.8) is 0 Å². The zero-order chi connectivity index (χ0) is 11.8. The van der Waals surface area contributed by atoms with Gasteiger partial charge in [-0.05, 0) is 12.1 Å². The summed E-state index contributed by atoms with van der Waals surface area (Å²) in [5, 5.41) is 0. The first-order chi connectivity index (χ1) is 7.56. The van der Waals surface area contributed by atoms with E-state index >= 15 is 0 Å². The topological polar surface area (TPSA) is 72.0 Å². The summed E-state index contributed by atoms with van der Waals surface area (Å²) >= 11 is 0.783. The standard InChI is InChI=1S/C8H8FN3O2S2/c1-2-10-16(13,14)6-4-3-5(9)7-8(6)12-15-11-7/h3-4,10H,2H2,1H3. The Labute approximate surface area is 95.7 Å². The number of benzene rings is 1. The normalized spacial score (nSPS) is 12.1. The van der Waals surface area contributed by atoms with Crippen LogP contribution in [-0.2, 0) is 10.0 Å². The first-order valence-electron chi connectivity index (χ1n) is 4.46. The first-order valence-corrected chi connectivity index (χ1v) is 6.68. The summed E-state index contributed by atoms with van der Waals surface area (Å²) in [5.41, 5.74) is 0.0647. The molecule has 1 heterocycles. The smallest absolute Gasteiger partial charge is 0.211 e. The molecule has 0 atom stereocenters. The van der Waals surface area contributed by atoms with Crippen LogP contribution in [0.25, 0.3) is 11.0 Å². The lowest BCUT2D eigenvalue weighted by Crippen LogP contribution is -2.23. The Bertz CT molecular complexity index is 623.